The van der Waals surface area contributed by atoms with Gasteiger partial charge in [0, 0.05) is 22.0 Å². The molecule has 4 aliphatic carbocycles. The van der Waals surface area contributed by atoms with E-state index in [0.717, 1.165) is 22.6 Å². The molecule has 354 valence electrons. The van der Waals surface area contributed by atoms with Crippen LogP contribution in [0, 0.1) is 47.3 Å². The van der Waals surface area contributed by atoms with Crippen LogP contribution in [0.15, 0.2) is 121 Å². The lowest BCUT2D eigenvalue weighted by Crippen LogP contribution is -2.33. The molecule has 5 aromatic carbocycles. The number of carbonyl (C=O) groups is 6. The lowest BCUT2D eigenvalue weighted by Gasteiger charge is -2.29. The van der Waals surface area contributed by atoms with E-state index in [2.05, 4.69) is 10.6 Å². The Balaban J connectivity index is 0.771. The molecule has 8 atom stereocenters. The molecule has 6 aliphatic rings. The van der Waals surface area contributed by atoms with Crippen LogP contribution in [0.2, 0.25) is 0 Å². The number of amides is 6. The Kier molecular flexibility index (Phi) is 10.0. The van der Waals surface area contributed by atoms with E-state index in [1.54, 1.807) is 48.5 Å². The number of anilines is 4. The molecule has 2 heterocycles. The van der Waals surface area contributed by atoms with Gasteiger partial charge in [0.05, 0.1) is 46.4 Å². The van der Waals surface area contributed by atoms with Crippen molar-refractivity contribution < 1.29 is 49.2 Å². The Bertz CT molecular complexity index is 2940. The predicted octanol–water partition coefficient (Wildman–Crippen LogP) is 8.29. The van der Waals surface area contributed by atoms with Gasteiger partial charge in [-0.2, -0.15) is 0 Å². The second kappa shape index (κ2) is 15.8. The predicted molar refractivity (Wildman–Crippen MR) is 259 cm³/mol. The fourth-order valence-electron chi connectivity index (χ4n) is 12.0. The van der Waals surface area contributed by atoms with E-state index in [9.17, 15) is 49.2 Å². The lowest BCUT2D eigenvalue weighted by atomic mass is 9.77. The molecule has 5 aromatic rings. The number of imide groups is 2. The van der Waals surface area contributed by atoms with Crippen molar-refractivity contribution in [3.63, 3.8) is 0 Å². The third-order valence-electron chi connectivity index (χ3n) is 16.2. The lowest BCUT2D eigenvalue weighted by molar-refractivity contribution is -0.124. The number of phenols is 4. The molecule has 70 heavy (non-hydrogen) atoms. The van der Waals surface area contributed by atoms with Crippen LogP contribution in [-0.4, -0.2) is 55.9 Å². The van der Waals surface area contributed by atoms with Gasteiger partial charge in [0.15, 0.2) is 0 Å². The van der Waals surface area contributed by atoms with E-state index < -0.39 is 46.3 Å². The fraction of sp³-hybridized carbons (Fsp3) is 0.286. The molecule has 11 rings (SSSR count). The minimum Gasteiger partial charge on any atom is -0.506 e. The molecular formula is C56H50N4O10. The zero-order chi connectivity index (χ0) is 49.3. The summed E-state index contributed by atoms with van der Waals surface area (Å²) in [5.74, 6) is -4.82. The number of allylic oxidation sites excluding steroid dienone is 4. The fourth-order valence-corrected chi connectivity index (χ4v) is 12.0. The summed E-state index contributed by atoms with van der Waals surface area (Å²) in [5, 5.41) is 49.2. The van der Waals surface area contributed by atoms with Crippen LogP contribution < -0.4 is 20.4 Å². The highest BCUT2D eigenvalue weighted by Crippen LogP contribution is 2.56. The first-order chi connectivity index (χ1) is 33.3. The highest BCUT2D eigenvalue weighted by Gasteiger charge is 2.61. The summed E-state index contributed by atoms with van der Waals surface area (Å²) in [7, 11) is 0. The highest BCUT2D eigenvalue weighted by atomic mass is 16.3. The smallest absolute Gasteiger partial charge is 0.255 e. The van der Waals surface area contributed by atoms with Crippen molar-refractivity contribution in [2.45, 2.75) is 51.4 Å². The van der Waals surface area contributed by atoms with Crippen molar-refractivity contribution in [1.82, 2.24) is 0 Å². The van der Waals surface area contributed by atoms with Crippen molar-refractivity contribution in [3.05, 3.63) is 155 Å². The maximum atomic E-state index is 13.6. The summed E-state index contributed by atoms with van der Waals surface area (Å²) >= 11 is 0. The Morgan fingerprint density at radius 3 is 1.04 bits per heavy atom. The average Bonchev–Trinajstić information content (AvgIpc) is 4.21. The molecule has 0 spiro atoms. The molecule has 0 aromatic heterocycles. The van der Waals surface area contributed by atoms with Crippen molar-refractivity contribution in [2.24, 2.45) is 47.3 Å². The van der Waals surface area contributed by atoms with Gasteiger partial charge in [-0.1, -0.05) is 76.3 Å². The molecule has 2 aliphatic heterocycles. The second-order valence-electron chi connectivity index (χ2n) is 20.6. The Morgan fingerprint density at radius 1 is 0.443 bits per heavy atom. The number of nitrogens with one attached hydrogen (secondary N) is 2. The van der Waals surface area contributed by atoms with Crippen LogP contribution >= 0.6 is 0 Å². The molecule has 2 saturated carbocycles. The van der Waals surface area contributed by atoms with Gasteiger partial charge in [0.1, 0.15) is 23.0 Å². The molecule has 6 N–H and O–H groups in total. The summed E-state index contributed by atoms with van der Waals surface area (Å²) in [6.45, 7) is 7.64. The molecule has 8 unspecified atom stereocenters. The van der Waals surface area contributed by atoms with Crippen LogP contribution in [0.4, 0.5) is 22.7 Å². The first-order valence-electron chi connectivity index (χ1n) is 23.5. The number of rotatable bonds is 10. The van der Waals surface area contributed by atoms with Crippen LogP contribution in [0.1, 0.15) is 83.5 Å². The quantitative estimate of drug-likeness (QED) is 0.0448. The average molecular weight is 939 g/mol. The molecule has 0 radical (unpaired) electrons. The van der Waals surface area contributed by atoms with E-state index in [-0.39, 0.29) is 104 Å². The number of benzene rings is 5. The number of phenolic OH excluding ortho intramolecular Hbond substituents is 4. The van der Waals surface area contributed by atoms with Gasteiger partial charge in [-0.25, -0.2) is 9.80 Å². The van der Waals surface area contributed by atoms with Gasteiger partial charge in [0.2, 0.25) is 23.6 Å². The number of aromatic hydroxyl groups is 4. The zero-order valence-electron chi connectivity index (χ0n) is 38.7. The standard InChI is InChI=1S/C56H50N4O10/c1-55(2,35-15-19-43(63)39(25-35)59-51(67)45-29-9-10-30(21-29)46(45)52(59)68)33-13-17-41(61)37(23-33)57-49(65)27-5-7-28(8-6-27)50(66)58-38-24-34(14-18-42(38)62)56(3,4)36-16-20-44(64)40(26-36)60-53(69)47-31-11-12-32(22-31)48(47)54(60)70/h5-20,23-26,29-32,45-48,61-64H,21-22H2,1-4H3,(H,57,65)(H,58,66). The largest absolute Gasteiger partial charge is 0.506 e. The van der Waals surface area contributed by atoms with Crippen LogP contribution in [-0.2, 0) is 30.0 Å². The summed E-state index contributed by atoms with van der Waals surface area (Å²) in [4.78, 5) is 84.0. The third-order valence-corrected chi connectivity index (χ3v) is 16.2. The minimum atomic E-state index is -0.806. The first kappa shape index (κ1) is 44.5. The summed E-state index contributed by atoms with van der Waals surface area (Å²) in [6.07, 6.45) is 9.63. The van der Waals surface area contributed by atoms with Crippen LogP contribution in [0.3, 0.4) is 0 Å². The minimum absolute atomic E-state index is 0.0140. The van der Waals surface area contributed by atoms with Gasteiger partial charge in [0.25, 0.3) is 11.8 Å². The third kappa shape index (κ3) is 6.74. The van der Waals surface area contributed by atoms with E-state index in [0.29, 0.717) is 22.3 Å². The second-order valence-corrected chi connectivity index (χ2v) is 20.6. The number of hydrogen-bond donors (Lipinski definition) is 6. The summed E-state index contributed by atoms with van der Waals surface area (Å²) < 4.78 is 0. The number of hydrogen-bond acceptors (Lipinski definition) is 10. The number of fused-ring (bicyclic) bond motifs is 10. The van der Waals surface area contributed by atoms with Crippen LogP contribution in [0.25, 0.3) is 0 Å². The van der Waals surface area contributed by atoms with E-state index in [1.165, 1.54) is 48.5 Å². The van der Waals surface area contributed by atoms with Crippen molar-refractivity contribution in [3.8, 4) is 23.0 Å². The van der Waals surface area contributed by atoms with Crippen LogP contribution in [0.5, 0.6) is 23.0 Å². The zero-order valence-corrected chi connectivity index (χ0v) is 38.7. The first-order valence-corrected chi connectivity index (χ1v) is 23.5. The topological polar surface area (TPSA) is 214 Å². The molecular weight excluding hydrogens is 889 g/mol. The monoisotopic (exact) mass is 938 g/mol. The van der Waals surface area contributed by atoms with Gasteiger partial charge in [-0.05, 0) is 132 Å². The molecule has 4 fully saturated rings. The highest BCUT2D eigenvalue weighted by molar-refractivity contribution is 6.24. The molecule has 4 bridgehead atoms. The molecule has 6 amide bonds. The summed E-state index contributed by atoms with van der Waals surface area (Å²) in [5.41, 5.74) is 1.92. The van der Waals surface area contributed by atoms with E-state index in [1.807, 2.05) is 52.0 Å². The Morgan fingerprint density at radius 2 is 0.729 bits per heavy atom. The maximum Gasteiger partial charge on any atom is 0.255 e. The van der Waals surface area contributed by atoms with E-state index >= 15 is 0 Å². The molecule has 2 saturated heterocycles. The molecule has 14 heteroatoms. The molecule has 14 nitrogen and oxygen atoms in total. The van der Waals surface area contributed by atoms with Gasteiger partial charge >= 0.3 is 0 Å². The summed E-state index contributed by atoms with van der Waals surface area (Å²) in [6, 6.07) is 25.0. The number of carbonyl (C=O) groups excluding carboxylic acids is 6. The van der Waals surface area contributed by atoms with Crippen molar-refractivity contribution >= 4 is 58.2 Å². The Labute approximate surface area is 402 Å². The normalized spacial score (nSPS) is 25.0. The van der Waals surface area contributed by atoms with Gasteiger partial charge in [-0.15, -0.1) is 0 Å². The van der Waals surface area contributed by atoms with Gasteiger partial charge < -0.3 is 31.1 Å². The SMILES string of the molecule is CC(C)(c1ccc(O)c(NC(=O)c2ccc(C(=O)Nc3cc(C(C)(C)c4ccc(O)c(N5C(=O)C6C7C=CC(C7)C6C5=O)c4)ccc3O)cc2)c1)c1ccc(O)c(N2C(=O)C3C4C=CC(C4)C3C2=O)c1. The van der Waals surface area contributed by atoms with Gasteiger partial charge in [-0.3, -0.25) is 28.8 Å². The number of nitrogens with zero attached hydrogens (tertiary/aromatic N) is 2. The Hall–Kier alpha value is -8.00. The van der Waals surface area contributed by atoms with Crippen molar-refractivity contribution in [1.29, 1.82) is 0 Å². The van der Waals surface area contributed by atoms with Crippen molar-refractivity contribution in [2.75, 3.05) is 20.4 Å². The van der Waals surface area contributed by atoms with E-state index in [4.69, 9.17) is 0 Å². The maximum absolute atomic E-state index is 13.6.